The Balaban J connectivity index is 1.94. The Morgan fingerprint density at radius 1 is 1.33 bits per heavy atom. The van der Waals surface area contributed by atoms with Crippen molar-refractivity contribution in [1.82, 2.24) is 5.32 Å². The summed E-state index contributed by atoms with van der Waals surface area (Å²) in [7, 11) is 0. The molecule has 1 fully saturated rings. The molecule has 0 aromatic heterocycles. The van der Waals surface area contributed by atoms with Gasteiger partial charge in [0, 0.05) is 10.0 Å². The van der Waals surface area contributed by atoms with Crippen LogP contribution in [0.1, 0.15) is 24.8 Å². The van der Waals surface area contributed by atoms with Crippen molar-refractivity contribution in [3.63, 3.8) is 0 Å². The maximum absolute atomic E-state index is 11.9. The molecule has 98 valence electrons. The number of nitrogens with one attached hydrogen (secondary N) is 1. The fourth-order valence-corrected chi connectivity index (χ4v) is 3.68. The van der Waals surface area contributed by atoms with E-state index < -0.39 is 0 Å². The fraction of sp³-hybridized carbons (Fsp3) is 0.462. The first-order valence-corrected chi connectivity index (χ1v) is 7.81. The van der Waals surface area contributed by atoms with Gasteiger partial charge in [-0.2, -0.15) is 0 Å². The second-order valence-corrected chi connectivity index (χ2v) is 6.42. The maximum atomic E-state index is 11.9. The van der Waals surface area contributed by atoms with Gasteiger partial charge in [-0.3, -0.25) is 4.79 Å². The molecule has 5 heteroatoms. The van der Waals surface area contributed by atoms with Crippen molar-refractivity contribution in [3.8, 4) is 0 Å². The van der Waals surface area contributed by atoms with Crippen molar-refractivity contribution in [2.75, 3.05) is 5.75 Å². The van der Waals surface area contributed by atoms with E-state index in [0.29, 0.717) is 15.6 Å². The summed E-state index contributed by atoms with van der Waals surface area (Å²) in [6.45, 7) is 0. The summed E-state index contributed by atoms with van der Waals surface area (Å²) in [6.07, 6.45) is 3.72. The Hall–Kier alpha value is -0.380. The van der Waals surface area contributed by atoms with Gasteiger partial charge in [-0.05, 0) is 42.7 Å². The van der Waals surface area contributed by atoms with Crippen LogP contribution >= 0.6 is 35.0 Å². The van der Waals surface area contributed by atoms with Crippen LogP contribution in [0.5, 0.6) is 0 Å². The van der Waals surface area contributed by atoms with Crippen LogP contribution in [-0.4, -0.2) is 17.0 Å². The largest absolute Gasteiger partial charge is 0.344 e. The van der Waals surface area contributed by atoms with Gasteiger partial charge in [0.15, 0.2) is 0 Å². The summed E-state index contributed by atoms with van der Waals surface area (Å²) < 4.78 is 0. The van der Waals surface area contributed by atoms with Crippen molar-refractivity contribution in [1.29, 1.82) is 0 Å². The zero-order valence-corrected chi connectivity index (χ0v) is 12.2. The lowest BCUT2D eigenvalue weighted by molar-refractivity contribution is -0.120. The van der Waals surface area contributed by atoms with Gasteiger partial charge in [0.05, 0.1) is 11.8 Å². The highest BCUT2D eigenvalue weighted by molar-refractivity contribution is 7.99. The van der Waals surface area contributed by atoms with E-state index in [1.165, 1.54) is 12.8 Å². The molecule has 1 atom stereocenters. The van der Waals surface area contributed by atoms with E-state index in [4.69, 9.17) is 23.2 Å². The standard InChI is InChI=1S/C13H15Cl2NOS/c14-10-4-3-5-11(15)9(10)8-12(17)16-13-6-1-2-7-18-13/h3-5,13H,1-2,6-8H2,(H,16,17). The van der Waals surface area contributed by atoms with E-state index in [1.807, 2.05) is 11.8 Å². The Bertz CT molecular complexity index is 413. The van der Waals surface area contributed by atoms with Gasteiger partial charge in [0.2, 0.25) is 5.91 Å². The number of thioether (sulfide) groups is 1. The SMILES string of the molecule is O=C(Cc1c(Cl)cccc1Cl)NC1CCCCS1. The number of hydrogen-bond donors (Lipinski definition) is 1. The number of benzene rings is 1. The molecule has 18 heavy (non-hydrogen) atoms. The number of hydrogen-bond acceptors (Lipinski definition) is 2. The topological polar surface area (TPSA) is 29.1 Å². The third-order valence-electron chi connectivity index (χ3n) is 2.90. The molecular formula is C13H15Cl2NOS. The van der Waals surface area contributed by atoms with Gasteiger partial charge in [-0.15, -0.1) is 11.8 Å². The molecule has 1 aromatic carbocycles. The van der Waals surface area contributed by atoms with E-state index >= 15 is 0 Å². The van der Waals surface area contributed by atoms with Gasteiger partial charge in [-0.1, -0.05) is 29.3 Å². The first-order chi connectivity index (χ1) is 8.66. The minimum Gasteiger partial charge on any atom is -0.344 e. The molecule has 1 aliphatic rings. The number of rotatable bonds is 3. The summed E-state index contributed by atoms with van der Waals surface area (Å²) in [6, 6.07) is 5.29. The monoisotopic (exact) mass is 303 g/mol. The van der Waals surface area contributed by atoms with Crippen LogP contribution in [0.25, 0.3) is 0 Å². The van der Waals surface area contributed by atoms with E-state index in [2.05, 4.69) is 5.32 Å². The van der Waals surface area contributed by atoms with E-state index in [0.717, 1.165) is 12.2 Å². The Labute approximate surface area is 121 Å². The molecule has 1 amide bonds. The highest BCUT2D eigenvalue weighted by Crippen LogP contribution is 2.26. The van der Waals surface area contributed by atoms with E-state index in [9.17, 15) is 4.79 Å². The second-order valence-electron chi connectivity index (χ2n) is 4.30. The predicted molar refractivity (Wildman–Crippen MR) is 78.4 cm³/mol. The van der Waals surface area contributed by atoms with Crippen LogP contribution in [0, 0.1) is 0 Å². The average Bonchev–Trinajstić information content (AvgIpc) is 2.35. The lowest BCUT2D eigenvalue weighted by atomic mass is 10.1. The maximum Gasteiger partial charge on any atom is 0.225 e. The molecule has 0 saturated carbocycles. The molecule has 1 N–H and O–H groups in total. The molecule has 1 heterocycles. The third kappa shape index (κ3) is 3.81. The summed E-state index contributed by atoms with van der Waals surface area (Å²) in [5.74, 6) is 1.11. The van der Waals surface area contributed by atoms with Gasteiger partial charge in [0.1, 0.15) is 0 Å². The van der Waals surface area contributed by atoms with Crippen LogP contribution in [0.3, 0.4) is 0 Å². The smallest absolute Gasteiger partial charge is 0.225 e. The van der Waals surface area contributed by atoms with Crippen LogP contribution in [0.2, 0.25) is 10.0 Å². The normalized spacial score (nSPS) is 19.6. The van der Waals surface area contributed by atoms with Crippen molar-refractivity contribution in [2.24, 2.45) is 0 Å². The molecule has 1 aliphatic heterocycles. The molecule has 0 bridgehead atoms. The molecule has 0 radical (unpaired) electrons. The fourth-order valence-electron chi connectivity index (χ4n) is 1.95. The van der Waals surface area contributed by atoms with Gasteiger partial charge in [-0.25, -0.2) is 0 Å². The minimum atomic E-state index is -0.00981. The van der Waals surface area contributed by atoms with Crippen molar-refractivity contribution < 1.29 is 4.79 Å². The lowest BCUT2D eigenvalue weighted by Gasteiger charge is -2.22. The summed E-state index contributed by atoms with van der Waals surface area (Å²) in [5, 5.41) is 4.37. The van der Waals surface area contributed by atoms with Crippen molar-refractivity contribution in [3.05, 3.63) is 33.8 Å². The highest BCUT2D eigenvalue weighted by atomic mass is 35.5. The molecule has 1 unspecified atom stereocenters. The second kappa shape index (κ2) is 6.69. The highest BCUT2D eigenvalue weighted by Gasteiger charge is 2.17. The van der Waals surface area contributed by atoms with Gasteiger partial charge in [0.25, 0.3) is 0 Å². The number of carbonyl (C=O) groups excluding carboxylic acids is 1. The molecule has 2 rings (SSSR count). The summed E-state index contributed by atoms with van der Waals surface area (Å²) in [4.78, 5) is 11.9. The lowest BCUT2D eigenvalue weighted by Crippen LogP contribution is -2.35. The molecule has 1 saturated heterocycles. The summed E-state index contributed by atoms with van der Waals surface area (Å²) in [5.41, 5.74) is 0.708. The number of halogens is 2. The van der Waals surface area contributed by atoms with Gasteiger partial charge < -0.3 is 5.32 Å². The number of carbonyl (C=O) groups is 1. The van der Waals surface area contributed by atoms with Gasteiger partial charge >= 0.3 is 0 Å². The molecule has 1 aromatic rings. The first kappa shape index (κ1) is 14.0. The Morgan fingerprint density at radius 2 is 2.06 bits per heavy atom. The van der Waals surface area contributed by atoms with Crippen molar-refractivity contribution in [2.45, 2.75) is 31.1 Å². The minimum absolute atomic E-state index is 0.00981. The summed E-state index contributed by atoms with van der Waals surface area (Å²) >= 11 is 13.9. The average molecular weight is 304 g/mol. The quantitative estimate of drug-likeness (QED) is 0.917. The number of amides is 1. The van der Waals surface area contributed by atoms with Crippen LogP contribution < -0.4 is 5.32 Å². The molecule has 0 spiro atoms. The Morgan fingerprint density at radius 3 is 2.67 bits per heavy atom. The zero-order valence-electron chi connectivity index (χ0n) is 9.92. The third-order valence-corrected chi connectivity index (χ3v) is 4.89. The van der Waals surface area contributed by atoms with Crippen molar-refractivity contribution >= 4 is 40.9 Å². The van der Waals surface area contributed by atoms with Crippen LogP contribution in [0.4, 0.5) is 0 Å². The molecular weight excluding hydrogens is 289 g/mol. The predicted octanol–water partition coefficient (Wildman–Crippen LogP) is 3.90. The molecule has 2 nitrogen and oxygen atoms in total. The van der Waals surface area contributed by atoms with E-state index in [1.54, 1.807) is 18.2 Å². The molecule has 0 aliphatic carbocycles. The first-order valence-electron chi connectivity index (χ1n) is 6.00. The van der Waals surface area contributed by atoms with Crippen LogP contribution in [0.15, 0.2) is 18.2 Å². The zero-order chi connectivity index (χ0) is 13.0. The van der Waals surface area contributed by atoms with Crippen LogP contribution in [-0.2, 0) is 11.2 Å². The Kier molecular flexibility index (Phi) is 5.22. The van der Waals surface area contributed by atoms with E-state index in [-0.39, 0.29) is 17.7 Å².